The van der Waals surface area contributed by atoms with Crippen LogP contribution in [0.5, 0.6) is 11.5 Å². The van der Waals surface area contributed by atoms with Crippen molar-refractivity contribution in [1.82, 2.24) is 10.5 Å². The molecule has 0 unspecified atom stereocenters. The van der Waals surface area contributed by atoms with Crippen molar-refractivity contribution in [2.45, 2.75) is 32.3 Å². The van der Waals surface area contributed by atoms with Gasteiger partial charge in [0.15, 0.2) is 5.76 Å². The number of nitrogens with one attached hydrogen (secondary N) is 1. The zero-order valence-corrected chi connectivity index (χ0v) is 12.6. The molecule has 1 aromatic carbocycles. The zero-order chi connectivity index (χ0) is 15.2. The van der Waals surface area contributed by atoms with Crippen molar-refractivity contribution in [1.29, 1.82) is 0 Å². The summed E-state index contributed by atoms with van der Waals surface area (Å²) in [5.74, 6) is 2.15. The largest absolute Gasteiger partial charge is 0.497 e. The Morgan fingerprint density at radius 2 is 2.18 bits per heavy atom. The summed E-state index contributed by atoms with van der Waals surface area (Å²) >= 11 is 0. The standard InChI is InChI=1S/C16H20N2O4/c1-19-13-4-2-5-14(9-13)20-11-15-8-12(18-22-15)10-21-16-6-3-7-17-16/h2,4-5,8-9,16-17H,3,6-7,10-11H2,1H3/t16-/m0/s1. The number of nitrogens with zero attached hydrogens (tertiary/aromatic N) is 1. The van der Waals surface area contributed by atoms with Gasteiger partial charge in [0.25, 0.3) is 0 Å². The highest BCUT2D eigenvalue weighted by atomic mass is 16.5. The molecule has 0 amide bonds. The molecule has 6 heteroatoms. The van der Waals surface area contributed by atoms with E-state index in [0.717, 1.165) is 36.6 Å². The van der Waals surface area contributed by atoms with Crippen molar-refractivity contribution >= 4 is 0 Å². The predicted molar refractivity (Wildman–Crippen MR) is 79.6 cm³/mol. The fraction of sp³-hybridized carbons (Fsp3) is 0.438. The van der Waals surface area contributed by atoms with Crippen LogP contribution in [0.4, 0.5) is 0 Å². The molecule has 1 fully saturated rings. The summed E-state index contributed by atoms with van der Waals surface area (Å²) in [4.78, 5) is 0. The maximum absolute atomic E-state index is 5.70. The molecule has 0 bridgehead atoms. The summed E-state index contributed by atoms with van der Waals surface area (Å²) in [5, 5.41) is 7.26. The van der Waals surface area contributed by atoms with Gasteiger partial charge in [0.2, 0.25) is 0 Å². The highest BCUT2D eigenvalue weighted by Gasteiger charge is 2.15. The third-order valence-electron chi connectivity index (χ3n) is 3.48. The van der Waals surface area contributed by atoms with E-state index in [0.29, 0.717) is 19.0 Å². The Morgan fingerprint density at radius 3 is 3.00 bits per heavy atom. The van der Waals surface area contributed by atoms with Gasteiger partial charge in [-0.15, -0.1) is 0 Å². The maximum atomic E-state index is 5.70. The van der Waals surface area contributed by atoms with Crippen LogP contribution in [0.1, 0.15) is 24.3 Å². The van der Waals surface area contributed by atoms with Crippen LogP contribution < -0.4 is 14.8 Å². The molecule has 3 rings (SSSR count). The lowest BCUT2D eigenvalue weighted by Gasteiger charge is -2.09. The van der Waals surface area contributed by atoms with E-state index in [1.165, 1.54) is 0 Å². The number of methoxy groups -OCH3 is 1. The number of ether oxygens (including phenoxy) is 3. The van der Waals surface area contributed by atoms with Crippen LogP contribution in [0, 0.1) is 0 Å². The number of hydrogen-bond acceptors (Lipinski definition) is 6. The van der Waals surface area contributed by atoms with Gasteiger partial charge in [-0.25, -0.2) is 0 Å². The topological polar surface area (TPSA) is 65.8 Å². The van der Waals surface area contributed by atoms with Crippen molar-refractivity contribution < 1.29 is 18.7 Å². The molecule has 0 saturated carbocycles. The number of aromatic nitrogens is 1. The first kappa shape index (κ1) is 14.9. The van der Waals surface area contributed by atoms with Crippen molar-refractivity contribution in [2.75, 3.05) is 13.7 Å². The highest BCUT2D eigenvalue weighted by Crippen LogP contribution is 2.20. The summed E-state index contributed by atoms with van der Waals surface area (Å²) in [5.41, 5.74) is 0.776. The molecule has 0 aliphatic carbocycles. The van der Waals surface area contributed by atoms with E-state index < -0.39 is 0 Å². The number of rotatable bonds is 7. The SMILES string of the molecule is COc1cccc(OCc2cc(CO[C@H]3CCCN3)no2)c1. The lowest BCUT2D eigenvalue weighted by molar-refractivity contribution is 0.0280. The summed E-state index contributed by atoms with van der Waals surface area (Å²) < 4.78 is 21.8. The van der Waals surface area contributed by atoms with Crippen LogP contribution in [-0.4, -0.2) is 25.0 Å². The first-order chi connectivity index (χ1) is 10.8. The number of hydrogen-bond donors (Lipinski definition) is 1. The molecule has 118 valence electrons. The molecule has 6 nitrogen and oxygen atoms in total. The molecule has 1 aromatic heterocycles. The van der Waals surface area contributed by atoms with Gasteiger partial charge in [-0.2, -0.15) is 0 Å². The predicted octanol–water partition coefficient (Wildman–Crippen LogP) is 2.49. The van der Waals surface area contributed by atoms with Gasteiger partial charge in [-0.3, -0.25) is 5.32 Å². The molecular weight excluding hydrogens is 284 g/mol. The van der Waals surface area contributed by atoms with E-state index in [1.54, 1.807) is 7.11 Å². The van der Waals surface area contributed by atoms with E-state index >= 15 is 0 Å². The Morgan fingerprint density at radius 1 is 1.27 bits per heavy atom. The molecule has 2 heterocycles. The van der Waals surface area contributed by atoms with Gasteiger partial charge in [-0.1, -0.05) is 11.2 Å². The molecule has 2 aromatic rings. The zero-order valence-electron chi connectivity index (χ0n) is 12.6. The van der Waals surface area contributed by atoms with Gasteiger partial charge in [0.05, 0.1) is 13.7 Å². The van der Waals surface area contributed by atoms with Crippen LogP contribution >= 0.6 is 0 Å². The smallest absolute Gasteiger partial charge is 0.174 e. The molecule has 22 heavy (non-hydrogen) atoms. The van der Waals surface area contributed by atoms with E-state index in [1.807, 2.05) is 30.3 Å². The third kappa shape index (κ3) is 3.99. The molecule has 1 aliphatic heterocycles. The Hall–Kier alpha value is -2.05. The number of benzene rings is 1. The van der Waals surface area contributed by atoms with Crippen LogP contribution in [-0.2, 0) is 18.0 Å². The van der Waals surface area contributed by atoms with Gasteiger partial charge in [0, 0.05) is 12.1 Å². The van der Waals surface area contributed by atoms with Crippen molar-refractivity contribution in [3.63, 3.8) is 0 Å². The molecule has 0 spiro atoms. The second-order valence-corrected chi connectivity index (χ2v) is 5.15. The van der Waals surface area contributed by atoms with Crippen LogP contribution in [0.3, 0.4) is 0 Å². The van der Waals surface area contributed by atoms with E-state index in [9.17, 15) is 0 Å². The van der Waals surface area contributed by atoms with Crippen LogP contribution in [0.15, 0.2) is 34.9 Å². The van der Waals surface area contributed by atoms with Crippen LogP contribution in [0.25, 0.3) is 0 Å². The maximum Gasteiger partial charge on any atom is 0.174 e. The second-order valence-electron chi connectivity index (χ2n) is 5.15. The fourth-order valence-corrected chi connectivity index (χ4v) is 2.32. The average molecular weight is 304 g/mol. The molecule has 1 saturated heterocycles. The molecule has 1 N–H and O–H groups in total. The third-order valence-corrected chi connectivity index (χ3v) is 3.48. The average Bonchev–Trinajstić information content (AvgIpc) is 3.22. The van der Waals surface area contributed by atoms with Gasteiger partial charge < -0.3 is 18.7 Å². The Bertz CT molecular complexity index is 593. The fourth-order valence-electron chi connectivity index (χ4n) is 2.32. The highest BCUT2D eigenvalue weighted by molar-refractivity contribution is 5.32. The monoisotopic (exact) mass is 304 g/mol. The first-order valence-electron chi connectivity index (χ1n) is 7.40. The van der Waals surface area contributed by atoms with E-state index in [-0.39, 0.29) is 6.23 Å². The normalized spacial score (nSPS) is 17.6. The summed E-state index contributed by atoms with van der Waals surface area (Å²) in [7, 11) is 1.63. The molecular formula is C16H20N2O4. The minimum absolute atomic E-state index is 0.133. The van der Waals surface area contributed by atoms with E-state index in [4.69, 9.17) is 18.7 Å². The van der Waals surface area contributed by atoms with Crippen molar-refractivity contribution in [2.24, 2.45) is 0 Å². The lowest BCUT2D eigenvalue weighted by Crippen LogP contribution is -2.24. The van der Waals surface area contributed by atoms with Crippen molar-refractivity contribution in [3.8, 4) is 11.5 Å². The Balaban J connectivity index is 1.48. The van der Waals surface area contributed by atoms with Gasteiger partial charge >= 0.3 is 0 Å². The van der Waals surface area contributed by atoms with Crippen molar-refractivity contribution in [3.05, 3.63) is 41.8 Å². The minimum atomic E-state index is 0.133. The quantitative estimate of drug-likeness (QED) is 0.848. The van der Waals surface area contributed by atoms with Gasteiger partial charge in [0.1, 0.15) is 30.0 Å². The van der Waals surface area contributed by atoms with E-state index in [2.05, 4.69) is 10.5 Å². The molecule has 0 radical (unpaired) electrons. The first-order valence-corrected chi connectivity index (χ1v) is 7.40. The molecule has 1 aliphatic rings. The summed E-state index contributed by atoms with van der Waals surface area (Å²) in [6, 6.07) is 9.30. The van der Waals surface area contributed by atoms with Crippen LogP contribution in [0.2, 0.25) is 0 Å². The summed E-state index contributed by atoms with van der Waals surface area (Å²) in [6.07, 6.45) is 2.33. The summed E-state index contributed by atoms with van der Waals surface area (Å²) in [6.45, 7) is 1.78. The lowest BCUT2D eigenvalue weighted by atomic mass is 10.3. The minimum Gasteiger partial charge on any atom is -0.497 e. The molecule has 1 atom stereocenters. The van der Waals surface area contributed by atoms with Gasteiger partial charge in [-0.05, 0) is 31.5 Å². The Kier molecular flexibility index (Phi) is 4.92. The Labute approximate surface area is 129 Å². The second kappa shape index (κ2) is 7.29.